The van der Waals surface area contributed by atoms with Crippen molar-refractivity contribution in [3.05, 3.63) is 63.2 Å². The topological polar surface area (TPSA) is 17.1 Å². The van der Waals surface area contributed by atoms with Gasteiger partial charge >= 0.3 is 18.9 Å². The Morgan fingerprint density at radius 2 is 1.45 bits per heavy atom. The fourth-order valence-corrected chi connectivity index (χ4v) is 3.96. The molecule has 0 amide bonds. The Kier molecular flexibility index (Phi) is 6.63. The number of hydrogen-bond acceptors (Lipinski definition) is 1. The fourth-order valence-electron chi connectivity index (χ4n) is 2.77. The first-order valence-electron chi connectivity index (χ1n) is 7.27. The molecule has 0 N–H and O–H groups in total. The Morgan fingerprint density at radius 3 is 2.05 bits per heavy atom. The van der Waals surface area contributed by atoms with E-state index < -0.39 is 0 Å². The number of carbonyl (C=O) groups excluding carboxylic acids is 1. The SMILES string of the molecule is Cc1ccc(PC(=O)c2c(C)cc(C)c(C)c2C)c(C)c1.[Li+]. The summed E-state index contributed by atoms with van der Waals surface area (Å²) in [7, 11) is 0.198. The molecular formula is C19H23LiOP+. The summed E-state index contributed by atoms with van der Waals surface area (Å²) in [6.07, 6.45) is 0. The predicted molar refractivity (Wildman–Crippen MR) is 93.6 cm³/mol. The molecule has 1 unspecified atom stereocenters. The van der Waals surface area contributed by atoms with Crippen molar-refractivity contribution in [1.82, 2.24) is 0 Å². The van der Waals surface area contributed by atoms with Gasteiger partial charge in [0.1, 0.15) is 0 Å². The van der Waals surface area contributed by atoms with Crippen LogP contribution in [0.15, 0.2) is 24.3 Å². The quantitative estimate of drug-likeness (QED) is 0.623. The Hall–Kier alpha value is -0.863. The van der Waals surface area contributed by atoms with Crippen molar-refractivity contribution >= 4 is 19.4 Å². The van der Waals surface area contributed by atoms with Crippen molar-refractivity contribution in [1.29, 1.82) is 0 Å². The molecule has 0 aliphatic rings. The van der Waals surface area contributed by atoms with E-state index in [1.807, 2.05) is 6.92 Å². The summed E-state index contributed by atoms with van der Waals surface area (Å²) in [5, 5.41) is 1.16. The molecule has 1 atom stereocenters. The molecule has 2 rings (SSSR count). The Bertz CT molecular complexity index is 720. The van der Waals surface area contributed by atoms with Gasteiger partial charge in [0.05, 0.1) is 0 Å². The molecule has 0 heterocycles. The zero-order chi connectivity index (χ0) is 15.7. The second-order valence-electron chi connectivity index (χ2n) is 5.91. The fraction of sp³-hybridized carbons (Fsp3) is 0.316. The van der Waals surface area contributed by atoms with E-state index in [1.54, 1.807) is 0 Å². The van der Waals surface area contributed by atoms with Gasteiger partial charge in [-0.3, -0.25) is 4.79 Å². The van der Waals surface area contributed by atoms with Crippen LogP contribution in [0.2, 0.25) is 0 Å². The summed E-state index contributed by atoms with van der Waals surface area (Å²) >= 11 is 0. The number of hydrogen-bond donors (Lipinski definition) is 0. The van der Waals surface area contributed by atoms with Crippen LogP contribution >= 0.6 is 8.58 Å². The van der Waals surface area contributed by atoms with E-state index in [0.29, 0.717) is 0 Å². The van der Waals surface area contributed by atoms with E-state index in [0.717, 1.165) is 22.0 Å². The molecule has 2 aromatic rings. The van der Waals surface area contributed by atoms with Gasteiger partial charge in [-0.2, -0.15) is 0 Å². The van der Waals surface area contributed by atoms with Gasteiger partial charge in [0, 0.05) is 5.56 Å². The first kappa shape index (κ1) is 19.2. The molecule has 0 saturated carbocycles. The van der Waals surface area contributed by atoms with Crippen LogP contribution in [0.1, 0.15) is 43.7 Å². The molecule has 1 nitrogen and oxygen atoms in total. The second kappa shape index (κ2) is 7.61. The molecular weight excluding hydrogens is 282 g/mol. The molecule has 0 bridgehead atoms. The molecule has 22 heavy (non-hydrogen) atoms. The van der Waals surface area contributed by atoms with Crippen molar-refractivity contribution in [3.63, 3.8) is 0 Å². The van der Waals surface area contributed by atoms with Crippen molar-refractivity contribution in [3.8, 4) is 0 Å². The van der Waals surface area contributed by atoms with Crippen LogP contribution in [0, 0.1) is 41.5 Å². The Labute approximate surface area is 147 Å². The van der Waals surface area contributed by atoms with Gasteiger partial charge in [0.15, 0.2) is 5.52 Å². The summed E-state index contributed by atoms with van der Waals surface area (Å²) in [6, 6.07) is 8.45. The monoisotopic (exact) mass is 305 g/mol. The summed E-state index contributed by atoms with van der Waals surface area (Å²) < 4.78 is 0. The maximum absolute atomic E-state index is 12.8. The minimum atomic E-state index is 0. The largest absolute Gasteiger partial charge is 1.00 e. The van der Waals surface area contributed by atoms with E-state index in [4.69, 9.17) is 0 Å². The maximum Gasteiger partial charge on any atom is 1.00 e. The smallest absolute Gasteiger partial charge is 0.289 e. The molecule has 0 spiro atoms. The predicted octanol–water partition coefficient (Wildman–Crippen LogP) is 1.69. The molecule has 0 radical (unpaired) electrons. The average molecular weight is 305 g/mol. The van der Waals surface area contributed by atoms with Crippen LogP contribution in [0.25, 0.3) is 0 Å². The molecule has 0 aromatic heterocycles. The summed E-state index contributed by atoms with van der Waals surface area (Å²) in [5.41, 5.74) is 8.34. The van der Waals surface area contributed by atoms with Crippen LogP contribution in [-0.4, -0.2) is 5.52 Å². The molecule has 0 fully saturated rings. The third-order valence-corrected chi connectivity index (χ3v) is 5.52. The second-order valence-corrected chi connectivity index (χ2v) is 7.15. The number of rotatable bonds is 3. The molecule has 0 aliphatic heterocycles. The van der Waals surface area contributed by atoms with Gasteiger partial charge in [-0.15, -0.1) is 0 Å². The van der Waals surface area contributed by atoms with E-state index in [9.17, 15) is 4.79 Å². The summed E-state index contributed by atoms with van der Waals surface area (Å²) in [5.74, 6) is 0. The van der Waals surface area contributed by atoms with Gasteiger partial charge in [-0.05, 0) is 83.2 Å². The first-order chi connectivity index (χ1) is 9.81. The van der Waals surface area contributed by atoms with E-state index >= 15 is 0 Å². The van der Waals surface area contributed by atoms with Gasteiger partial charge in [-0.1, -0.05) is 29.8 Å². The van der Waals surface area contributed by atoms with Crippen molar-refractivity contribution < 1.29 is 23.7 Å². The van der Waals surface area contributed by atoms with E-state index in [2.05, 4.69) is 58.9 Å². The van der Waals surface area contributed by atoms with Gasteiger partial charge in [0.2, 0.25) is 0 Å². The molecule has 2 aromatic carbocycles. The zero-order valence-electron chi connectivity index (χ0n) is 14.7. The summed E-state index contributed by atoms with van der Waals surface area (Å²) in [4.78, 5) is 12.8. The third kappa shape index (κ3) is 3.91. The maximum atomic E-state index is 12.8. The van der Waals surface area contributed by atoms with E-state index in [1.165, 1.54) is 22.3 Å². The average Bonchev–Trinajstić information content (AvgIpc) is 2.39. The van der Waals surface area contributed by atoms with Crippen LogP contribution < -0.4 is 24.2 Å². The van der Waals surface area contributed by atoms with Crippen molar-refractivity contribution in [2.45, 2.75) is 41.5 Å². The standard InChI is InChI=1S/C19H23OP.Li/c1-11-7-8-17(13(3)9-11)21-19(20)18-14(4)10-12(2)15(5)16(18)6;/h7-10,21H,1-6H3;/q;+1. The van der Waals surface area contributed by atoms with E-state index in [-0.39, 0.29) is 33.0 Å². The third-order valence-electron chi connectivity index (χ3n) is 4.21. The van der Waals surface area contributed by atoms with Crippen LogP contribution in [0.4, 0.5) is 0 Å². The molecule has 0 aliphatic carbocycles. The molecule has 110 valence electrons. The van der Waals surface area contributed by atoms with Crippen molar-refractivity contribution in [2.24, 2.45) is 0 Å². The number of aryl methyl sites for hydroxylation is 4. The number of benzene rings is 2. The number of carbonyl (C=O) groups is 1. The minimum Gasteiger partial charge on any atom is -0.289 e. The first-order valence-corrected chi connectivity index (χ1v) is 8.27. The van der Waals surface area contributed by atoms with Crippen molar-refractivity contribution in [2.75, 3.05) is 0 Å². The molecule has 3 heteroatoms. The normalized spacial score (nSPS) is 10.8. The summed E-state index contributed by atoms with van der Waals surface area (Å²) in [6.45, 7) is 12.5. The zero-order valence-corrected chi connectivity index (χ0v) is 15.7. The van der Waals surface area contributed by atoms with Crippen LogP contribution in [0.5, 0.6) is 0 Å². The minimum absolute atomic E-state index is 0. The van der Waals surface area contributed by atoms with Gasteiger partial charge in [0.25, 0.3) is 0 Å². The van der Waals surface area contributed by atoms with Crippen LogP contribution in [0.3, 0.4) is 0 Å². The van der Waals surface area contributed by atoms with Crippen LogP contribution in [-0.2, 0) is 0 Å². The molecule has 0 saturated heterocycles. The van der Waals surface area contributed by atoms with Gasteiger partial charge in [-0.25, -0.2) is 0 Å². The van der Waals surface area contributed by atoms with Gasteiger partial charge < -0.3 is 0 Å². The Balaban J connectivity index is 0.00000242. The Morgan fingerprint density at radius 1 is 0.818 bits per heavy atom.